The van der Waals surface area contributed by atoms with Gasteiger partial charge in [0, 0.05) is 12.3 Å². The number of aromatic nitrogens is 1. The summed E-state index contributed by atoms with van der Waals surface area (Å²) in [4.78, 5) is 27.8. The molecule has 1 aromatic carbocycles. The number of alkyl halides is 3. The van der Waals surface area contributed by atoms with Gasteiger partial charge in [0.15, 0.2) is 18.9 Å². The fraction of sp³-hybridized carbons (Fsp3) is 0.350. The van der Waals surface area contributed by atoms with Gasteiger partial charge in [-0.2, -0.15) is 13.2 Å². The summed E-state index contributed by atoms with van der Waals surface area (Å²) >= 11 is 5.57. The van der Waals surface area contributed by atoms with Gasteiger partial charge in [-0.15, -0.1) is 0 Å². The van der Waals surface area contributed by atoms with Gasteiger partial charge >= 0.3 is 6.18 Å². The number of ether oxygens (including phenoxy) is 3. The molecule has 3 rings (SSSR count). The minimum atomic E-state index is -4.49. The lowest BCUT2D eigenvalue weighted by molar-refractivity contribution is -0.168. The van der Waals surface area contributed by atoms with Crippen LogP contribution in [0.2, 0.25) is 5.02 Å². The van der Waals surface area contributed by atoms with Crippen LogP contribution < -0.4 is 15.4 Å². The van der Waals surface area contributed by atoms with Gasteiger partial charge in [0.25, 0.3) is 11.8 Å². The normalized spacial score (nSPS) is 18.5. The molecule has 2 N–H and O–H groups in total. The first-order chi connectivity index (χ1) is 15.6. The van der Waals surface area contributed by atoms with Crippen molar-refractivity contribution >= 4 is 23.4 Å². The minimum absolute atomic E-state index is 0.0752. The highest BCUT2D eigenvalue weighted by molar-refractivity contribution is 6.30. The molecule has 0 aliphatic carbocycles. The van der Waals surface area contributed by atoms with Gasteiger partial charge in [-0.1, -0.05) is 11.6 Å². The van der Waals surface area contributed by atoms with Crippen LogP contribution in [-0.4, -0.2) is 49.0 Å². The predicted molar refractivity (Wildman–Crippen MR) is 106 cm³/mol. The molecular weight excluding hydrogens is 474 g/mol. The van der Waals surface area contributed by atoms with E-state index in [0.29, 0.717) is 6.20 Å². The highest BCUT2D eigenvalue weighted by Gasteiger charge is 2.31. The second kappa shape index (κ2) is 10.8. The van der Waals surface area contributed by atoms with Crippen molar-refractivity contribution in [2.45, 2.75) is 25.1 Å². The van der Waals surface area contributed by atoms with Crippen molar-refractivity contribution in [3.8, 4) is 5.75 Å². The minimum Gasteiger partial charge on any atom is -0.484 e. The number of carbonyl (C=O) groups excluding carboxylic acids is 2. The largest absolute Gasteiger partial charge is 0.484 e. The van der Waals surface area contributed by atoms with Crippen molar-refractivity contribution in [1.29, 1.82) is 0 Å². The number of pyridine rings is 1. The van der Waals surface area contributed by atoms with Crippen LogP contribution in [-0.2, 0) is 31.8 Å². The van der Waals surface area contributed by atoms with Gasteiger partial charge in [0.1, 0.15) is 11.6 Å². The zero-order valence-electron chi connectivity index (χ0n) is 16.8. The number of amides is 2. The van der Waals surface area contributed by atoms with Gasteiger partial charge in [-0.25, -0.2) is 4.39 Å². The number of halogens is 5. The Hall–Kier alpha value is -2.96. The maximum absolute atomic E-state index is 13.4. The predicted octanol–water partition coefficient (Wildman–Crippen LogP) is 2.45. The van der Waals surface area contributed by atoms with Crippen LogP contribution >= 0.6 is 11.6 Å². The van der Waals surface area contributed by atoms with Gasteiger partial charge in [-0.3, -0.25) is 14.6 Å². The molecule has 2 atom stereocenters. The number of nitrogens with zero attached hydrogens (tertiary/aromatic N) is 1. The number of hydrogen-bond donors (Lipinski definition) is 2. The van der Waals surface area contributed by atoms with E-state index in [4.69, 9.17) is 25.8 Å². The Morgan fingerprint density at radius 1 is 1.18 bits per heavy atom. The molecule has 0 saturated carbocycles. The summed E-state index contributed by atoms with van der Waals surface area (Å²) in [6, 6.07) is 5.77. The van der Waals surface area contributed by atoms with E-state index in [1.165, 1.54) is 12.1 Å². The number of benzene rings is 1. The number of nitrogens with one attached hydrogen (secondary N) is 2. The van der Waals surface area contributed by atoms with Gasteiger partial charge in [-0.05, 0) is 24.3 Å². The second-order valence-corrected chi connectivity index (χ2v) is 7.24. The molecule has 0 spiro atoms. The lowest BCUT2D eigenvalue weighted by Crippen LogP contribution is -2.51. The molecule has 8 nitrogen and oxygen atoms in total. The highest BCUT2D eigenvalue weighted by Crippen LogP contribution is 2.28. The molecule has 1 fully saturated rings. The molecule has 1 saturated heterocycles. The number of rotatable bonds is 7. The van der Waals surface area contributed by atoms with Crippen molar-refractivity contribution in [1.82, 2.24) is 15.6 Å². The van der Waals surface area contributed by atoms with Crippen molar-refractivity contribution in [3.05, 3.63) is 58.6 Å². The second-order valence-electron chi connectivity index (χ2n) is 6.83. The van der Waals surface area contributed by atoms with Crippen LogP contribution in [0.25, 0.3) is 0 Å². The lowest BCUT2D eigenvalue weighted by Gasteiger charge is -2.29. The van der Waals surface area contributed by atoms with E-state index in [9.17, 15) is 27.2 Å². The molecule has 2 unspecified atom stereocenters. The fourth-order valence-electron chi connectivity index (χ4n) is 2.66. The zero-order valence-corrected chi connectivity index (χ0v) is 17.6. The van der Waals surface area contributed by atoms with Crippen LogP contribution in [0.4, 0.5) is 17.6 Å². The van der Waals surface area contributed by atoms with E-state index in [-0.39, 0.29) is 36.2 Å². The summed E-state index contributed by atoms with van der Waals surface area (Å²) < 4.78 is 66.9. The van der Waals surface area contributed by atoms with E-state index in [1.807, 2.05) is 0 Å². The molecule has 2 amide bonds. The quantitative estimate of drug-likeness (QED) is 0.577. The molecule has 0 radical (unpaired) electrons. The lowest BCUT2D eigenvalue weighted by atomic mass is 10.2. The van der Waals surface area contributed by atoms with Crippen molar-refractivity contribution < 1.29 is 41.4 Å². The van der Waals surface area contributed by atoms with E-state index < -0.39 is 48.3 Å². The number of carbonyl (C=O) groups is 2. The van der Waals surface area contributed by atoms with E-state index in [0.717, 1.165) is 18.2 Å². The molecular formula is C20H18ClF4N3O5. The molecule has 178 valence electrons. The maximum Gasteiger partial charge on any atom is 0.417 e. The topological polar surface area (TPSA) is 98.8 Å². The summed E-state index contributed by atoms with van der Waals surface area (Å²) in [7, 11) is 0. The van der Waals surface area contributed by atoms with Crippen molar-refractivity contribution in [2.24, 2.45) is 0 Å². The third-order valence-electron chi connectivity index (χ3n) is 4.37. The number of hydrogen-bond acceptors (Lipinski definition) is 6. The maximum atomic E-state index is 13.4. The Bertz CT molecular complexity index is 983. The molecule has 33 heavy (non-hydrogen) atoms. The molecule has 13 heteroatoms. The summed E-state index contributed by atoms with van der Waals surface area (Å²) in [5, 5.41) is 4.90. The zero-order chi connectivity index (χ0) is 24.0. The third kappa shape index (κ3) is 7.27. The first-order valence-corrected chi connectivity index (χ1v) is 9.90. The standard InChI is InChI=1S/C20H18ClF4N3O5/c21-14-4-3-13(5-15(14)22)31-9-17(29)28-18-10-32-16(8-33-18)19(30)27-7-12-2-1-11(6-26-12)20(23,24)25/h1-6,16,18H,7-10H2,(H,27,30)(H,28,29). The molecule has 1 aliphatic rings. The van der Waals surface area contributed by atoms with Crippen molar-refractivity contribution in [2.75, 3.05) is 19.8 Å². The Balaban J connectivity index is 1.36. The Labute approximate surface area is 190 Å². The molecule has 2 aromatic rings. The molecule has 1 aromatic heterocycles. The highest BCUT2D eigenvalue weighted by atomic mass is 35.5. The van der Waals surface area contributed by atoms with Crippen LogP contribution in [0, 0.1) is 5.82 Å². The molecule has 0 bridgehead atoms. The summed E-state index contributed by atoms with van der Waals surface area (Å²) in [6.45, 7) is -0.803. The molecule has 2 heterocycles. The fourth-order valence-corrected chi connectivity index (χ4v) is 2.78. The van der Waals surface area contributed by atoms with Gasteiger partial charge in [0.05, 0.1) is 36.0 Å². The average molecular weight is 492 g/mol. The van der Waals surface area contributed by atoms with E-state index in [1.54, 1.807) is 0 Å². The summed E-state index contributed by atoms with van der Waals surface area (Å²) in [6.07, 6.45) is -5.61. The summed E-state index contributed by atoms with van der Waals surface area (Å²) in [5.74, 6) is -1.67. The van der Waals surface area contributed by atoms with E-state index >= 15 is 0 Å². The van der Waals surface area contributed by atoms with Crippen LogP contribution in [0.15, 0.2) is 36.5 Å². The van der Waals surface area contributed by atoms with Crippen LogP contribution in [0.5, 0.6) is 5.75 Å². The summed E-state index contributed by atoms with van der Waals surface area (Å²) in [5.41, 5.74) is -0.654. The monoisotopic (exact) mass is 491 g/mol. The van der Waals surface area contributed by atoms with Gasteiger partial charge in [0.2, 0.25) is 0 Å². The first kappa shape index (κ1) is 24.7. The SMILES string of the molecule is O=C(COc1ccc(Cl)c(F)c1)NC1COC(C(=O)NCc2ccc(C(F)(F)F)cn2)CO1. The Kier molecular flexibility index (Phi) is 8.06. The molecule has 1 aliphatic heterocycles. The van der Waals surface area contributed by atoms with Gasteiger partial charge < -0.3 is 24.8 Å². The Morgan fingerprint density at radius 3 is 2.58 bits per heavy atom. The average Bonchev–Trinajstić information content (AvgIpc) is 2.78. The smallest absolute Gasteiger partial charge is 0.417 e. The first-order valence-electron chi connectivity index (χ1n) is 9.52. The Morgan fingerprint density at radius 2 is 1.97 bits per heavy atom. The van der Waals surface area contributed by atoms with Crippen molar-refractivity contribution in [3.63, 3.8) is 0 Å². The third-order valence-corrected chi connectivity index (χ3v) is 4.68. The van der Waals surface area contributed by atoms with Crippen LogP contribution in [0.1, 0.15) is 11.3 Å². The van der Waals surface area contributed by atoms with E-state index in [2.05, 4.69) is 15.6 Å². The van der Waals surface area contributed by atoms with Crippen LogP contribution in [0.3, 0.4) is 0 Å².